The van der Waals surface area contributed by atoms with Crippen LogP contribution in [0.15, 0.2) is 18.7 Å². The molecule has 0 N–H and O–H groups in total. The average molecular weight is 200 g/mol. The summed E-state index contributed by atoms with van der Waals surface area (Å²) in [5.74, 6) is 1.10. The van der Waals surface area contributed by atoms with Crippen molar-refractivity contribution in [3.63, 3.8) is 0 Å². The highest BCUT2D eigenvalue weighted by Crippen LogP contribution is 2.09. The Morgan fingerprint density at radius 3 is 3.08 bits per heavy atom. The fraction of sp³-hybridized carbons (Fsp3) is 0.500. The Balaban J connectivity index is 2.30. The van der Waals surface area contributed by atoms with Crippen LogP contribution < -0.4 is 0 Å². The van der Waals surface area contributed by atoms with Crippen LogP contribution >= 0.6 is 24.0 Å². The molecular weight excluding hydrogens is 188 g/mol. The first-order valence-corrected chi connectivity index (χ1v) is 5.39. The molecule has 0 aliphatic rings. The molecular formula is C8H12N2S2. The Bertz CT molecular complexity index is 231. The van der Waals surface area contributed by atoms with Crippen molar-refractivity contribution < 1.29 is 0 Å². The quantitative estimate of drug-likeness (QED) is 0.551. The molecule has 1 rings (SSSR count). The molecule has 66 valence electrons. The Hall–Kier alpha value is -0.350. The Morgan fingerprint density at radius 2 is 2.50 bits per heavy atom. The molecule has 0 aromatic carbocycles. The van der Waals surface area contributed by atoms with Gasteiger partial charge in [-0.05, 0) is 6.42 Å². The molecule has 0 aliphatic heterocycles. The first-order chi connectivity index (χ1) is 5.84. The van der Waals surface area contributed by atoms with Crippen LogP contribution in [0.5, 0.6) is 0 Å². The Labute approximate surface area is 82.4 Å². The van der Waals surface area contributed by atoms with Gasteiger partial charge in [0.15, 0.2) is 0 Å². The van der Waals surface area contributed by atoms with Crippen molar-refractivity contribution in [2.45, 2.75) is 19.8 Å². The molecule has 0 fully saturated rings. The van der Waals surface area contributed by atoms with Gasteiger partial charge in [0.05, 0.1) is 0 Å². The molecule has 0 bridgehead atoms. The van der Waals surface area contributed by atoms with Gasteiger partial charge in [-0.25, -0.2) is 4.98 Å². The summed E-state index contributed by atoms with van der Waals surface area (Å²) in [6.45, 7) is 2.18. The van der Waals surface area contributed by atoms with Crippen LogP contribution in [0.25, 0.3) is 0 Å². The van der Waals surface area contributed by atoms with E-state index >= 15 is 0 Å². The predicted octanol–water partition coefficient (Wildman–Crippen LogP) is 2.55. The number of thiocarbonyl (C=S) groups is 1. The number of imidazole rings is 1. The van der Waals surface area contributed by atoms with Gasteiger partial charge in [-0.1, -0.05) is 37.3 Å². The van der Waals surface area contributed by atoms with Crippen LogP contribution in [-0.2, 0) is 0 Å². The summed E-state index contributed by atoms with van der Waals surface area (Å²) in [4.78, 5) is 3.93. The highest BCUT2D eigenvalue weighted by Gasteiger charge is 1.98. The lowest BCUT2D eigenvalue weighted by Crippen LogP contribution is -2.02. The van der Waals surface area contributed by atoms with Crippen LogP contribution in [0.4, 0.5) is 0 Å². The average Bonchev–Trinajstić information content (AvgIpc) is 2.56. The Kier molecular flexibility index (Phi) is 4.32. The minimum absolute atomic E-state index is 0.890. The van der Waals surface area contributed by atoms with Crippen LogP contribution in [-0.4, -0.2) is 19.6 Å². The maximum atomic E-state index is 5.17. The van der Waals surface area contributed by atoms with Crippen LogP contribution in [0, 0.1) is 0 Å². The lowest BCUT2D eigenvalue weighted by Gasteiger charge is -2.01. The van der Waals surface area contributed by atoms with Crippen LogP contribution in [0.1, 0.15) is 19.8 Å². The molecule has 1 heterocycles. The van der Waals surface area contributed by atoms with E-state index in [9.17, 15) is 0 Å². The van der Waals surface area contributed by atoms with Crippen molar-refractivity contribution in [1.29, 1.82) is 0 Å². The van der Waals surface area contributed by atoms with Gasteiger partial charge in [0.1, 0.15) is 10.6 Å². The zero-order valence-corrected chi connectivity index (χ0v) is 8.70. The van der Waals surface area contributed by atoms with Crippen molar-refractivity contribution in [3.8, 4) is 0 Å². The summed E-state index contributed by atoms with van der Waals surface area (Å²) in [6.07, 6.45) is 7.80. The maximum absolute atomic E-state index is 5.17. The monoisotopic (exact) mass is 200 g/mol. The van der Waals surface area contributed by atoms with Crippen molar-refractivity contribution in [3.05, 3.63) is 18.7 Å². The third-order valence-corrected chi connectivity index (χ3v) is 2.95. The largest absolute Gasteiger partial charge is 0.291 e. The number of hydrogen-bond donors (Lipinski definition) is 0. The number of unbranched alkanes of at least 4 members (excludes halogenated alkanes) is 1. The van der Waals surface area contributed by atoms with Crippen molar-refractivity contribution >= 4 is 28.3 Å². The third kappa shape index (κ3) is 2.95. The molecule has 12 heavy (non-hydrogen) atoms. The fourth-order valence-corrected chi connectivity index (χ4v) is 1.97. The highest BCUT2D eigenvalue weighted by molar-refractivity contribution is 8.23. The van der Waals surface area contributed by atoms with Gasteiger partial charge in [-0.2, -0.15) is 0 Å². The lowest BCUT2D eigenvalue weighted by atomic mass is 10.4. The van der Waals surface area contributed by atoms with Gasteiger partial charge in [-0.3, -0.25) is 4.57 Å². The molecule has 2 nitrogen and oxygen atoms in total. The summed E-state index contributed by atoms with van der Waals surface area (Å²) in [5, 5.41) is 0. The molecule has 0 spiro atoms. The molecule has 0 saturated carbocycles. The van der Waals surface area contributed by atoms with Gasteiger partial charge >= 0.3 is 0 Å². The lowest BCUT2D eigenvalue weighted by molar-refractivity contribution is 0.898. The van der Waals surface area contributed by atoms with E-state index in [-0.39, 0.29) is 0 Å². The van der Waals surface area contributed by atoms with E-state index in [0.29, 0.717) is 0 Å². The fourth-order valence-electron chi connectivity index (χ4n) is 0.745. The molecule has 4 heteroatoms. The van der Waals surface area contributed by atoms with Crippen molar-refractivity contribution in [2.75, 3.05) is 5.75 Å². The van der Waals surface area contributed by atoms with E-state index in [2.05, 4.69) is 11.9 Å². The second kappa shape index (κ2) is 5.32. The summed E-state index contributed by atoms with van der Waals surface area (Å²) >= 11 is 6.89. The number of aromatic nitrogens is 2. The molecule has 1 aromatic rings. The predicted molar refractivity (Wildman–Crippen MR) is 57.6 cm³/mol. The first kappa shape index (κ1) is 9.74. The summed E-state index contributed by atoms with van der Waals surface area (Å²) < 4.78 is 2.76. The van der Waals surface area contributed by atoms with Gasteiger partial charge in [0.2, 0.25) is 0 Å². The number of hydrogen-bond acceptors (Lipinski definition) is 3. The van der Waals surface area contributed by atoms with Crippen molar-refractivity contribution in [1.82, 2.24) is 9.55 Å². The van der Waals surface area contributed by atoms with E-state index in [1.807, 2.05) is 10.8 Å². The number of rotatable bonds is 3. The molecule has 0 amide bonds. The molecule has 0 unspecified atom stereocenters. The second-order valence-corrected chi connectivity index (χ2v) is 4.17. The van der Waals surface area contributed by atoms with Crippen LogP contribution in [0.2, 0.25) is 0 Å². The van der Waals surface area contributed by atoms with Crippen molar-refractivity contribution in [2.24, 2.45) is 0 Å². The number of thioether (sulfide) groups is 1. The standard InChI is InChI=1S/C8H12N2S2/c1-2-3-6-12-8(11)10-5-4-9-7-10/h4-5,7H,2-3,6H2,1H3. The molecule has 0 radical (unpaired) electrons. The first-order valence-electron chi connectivity index (χ1n) is 3.99. The van der Waals surface area contributed by atoms with E-state index in [4.69, 9.17) is 12.2 Å². The maximum Gasteiger partial charge on any atom is 0.145 e. The SMILES string of the molecule is CCCCSC(=S)n1ccnc1. The molecule has 0 aliphatic carbocycles. The molecule has 0 saturated heterocycles. The summed E-state index contributed by atoms with van der Waals surface area (Å²) in [5.41, 5.74) is 0. The van der Waals surface area contributed by atoms with E-state index in [1.54, 1.807) is 24.3 Å². The number of nitrogens with zero attached hydrogens (tertiary/aromatic N) is 2. The zero-order valence-electron chi connectivity index (χ0n) is 7.06. The highest BCUT2D eigenvalue weighted by atomic mass is 32.2. The van der Waals surface area contributed by atoms with Gasteiger partial charge < -0.3 is 0 Å². The van der Waals surface area contributed by atoms with E-state index < -0.39 is 0 Å². The smallest absolute Gasteiger partial charge is 0.145 e. The second-order valence-electron chi connectivity index (χ2n) is 2.44. The normalized spacial score (nSPS) is 10.1. The van der Waals surface area contributed by atoms with E-state index in [1.165, 1.54) is 12.8 Å². The van der Waals surface area contributed by atoms with Crippen LogP contribution in [0.3, 0.4) is 0 Å². The minimum Gasteiger partial charge on any atom is -0.291 e. The zero-order chi connectivity index (χ0) is 8.81. The van der Waals surface area contributed by atoms with Gasteiger partial charge in [0.25, 0.3) is 0 Å². The Morgan fingerprint density at radius 1 is 1.67 bits per heavy atom. The molecule has 0 atom stereocenters. The minimum atomic E-state index is 0.890. The van der Waals surface area contributed by atoms with Gasteiger partial charge in [-0.15, -0.1) is 0 Å². The van der Waals surface area contributed by atoms with E-state index in [0.717, 1.165) is 10.1 Å². The topological polar surface area (TPSA) is 17.8 Å². The summed E-state index contributed by atoms with van der Waals surface area (Å²) in [6, 6.07) is 0. The third-order valence-electron chi connectivity index (χ3n) is 1.44. The summed E-state index contributed by atoms with van der Waals surface area (Å²) in [7, 11) is 0. The van der Waals surface area contributed by atoms with Gasteiger partial charge in [0, 0.05) is 18.1 Å². The molecule has 1 aromatic heterocycles.